The molecule has 0 saturated carbocycles. The summed E-state index contributed by atoms with van der Waals surface area (Å²) in [6, 6.07) is 10.9. The number of benzene rings is 1. The van der Waals surface area contributed by atoms with Crippen LogP contribution in [0.25, 0.3) is 0 Å². The minimum Gasteiger partial charge on any atom is -0.326 e. The molecular weight excluding hydrogens is 218 g/mol. The lowest BCUT2D eigenvalue weighted by molar-refractivity contribution is -0.909. The molecule has 1 aliphatic heterocycles. The highest BCUT2D eigenvalue weighted by atomic mass is 15.3. The van der Waals surface area contributed by atoms with Crippen LogP contribution in [0.1, 0.15) is 44.1 Å². The first-order valence-corrected chi connectivity index (χ1v) is 7.66. The molecule has 0 radical (unpaired) electrons. The van der Waals surface area contributed by atoms with Crippen LogP contribution in [0.15, 0.2) is 30.3 Å². The van der Waals surface area contributed by atoms with Crippen molar-refractivity contribution < 1.29 is 4.48 Å². The molecule has 0 atom stereocenters. The van der Waals surface area contributed by atoms with Gasteiger partial charge in [-0.25, -0.2) is 0 Å². The number of hydrogen-bond donors (Lipinski definition) is 0. The van der Waals surface area contributed by atoms with Gasteiger partial charge in [0.2, 0.25) is 0 Å². The van der Waals surface area contributed by atoms with E-state index in [1.807, 2.05) is 0 Å². The van der Waals surface area contributed by atoms with Gasteiger partial charge >= 0.3 is 0 Å². The Morgan fingerprint density at radius 1 is 0.889 bits per heavy atom. The second-order valence-electron chi connectivity index (χ2n) is 6.15. The van der Waals surface area contributed by atoms with Crippen LogP contribution < -0.4 is 0 Å². The normalized spacial score (nSPS) is 19.4. The quantitative estimate of drug-likeness (QED) is 0.543. The average molecular weight is 246 g/mol. The molecule has 1 aromatic rings. The van der Waals surface area contributed by atoms with Gasteiger partial charge in [0.25, 0.3) is 0 Å². The second kappa shape index (κ2) is 6.94. The van der Waals surface area contributed by atoms with Gasteiger partial charge in [-0.1, -0.05) is 30.3 Å². The Morgan fingerprint density at radius 3 is 2.22 bits per heavy atom. The highest BCUT2D eigenvalue weighted by Crippen LogP contribution is 2.17. The van der Waals surface area contributed by atoms with E-state index >= 15 is 0 Å². The highest BCUT2D eigenvalue weighted by Gasteiger charge is 2.22. The van der Waals surface area contributed by atoms with E-state index in [-0.39, 0.29) is 0 Å². The molecule has 1 nitrogen and oxygen atoms in total. The zero-order valence-electron chi connectivity index (χ0n) is 11.9. The van der Waals surface area contributed by atoms with Crippen molar-refractivity contribution in [3.05, 3.63) is 35.9 Å². The molecule has 0 bridgehead atoms. The van der Waals surface area contributed by atoms with E-state index in [1.165, 1.54) is 74.6 Å². The first-order valence-electron chi connectivity index (χ1n) is 7.66. The number of unbranched alkanes of at least 4 members (excludes halogenated alkanes) is 1. The summed E-state index contributed by atoms with van der Waals surface area (Å²) in [6.45, 7) is 4.20. The van der Waals surface area contributed by atoms with Crippen molar-refractivity contribution >= 4 is 0 Å². The Hall–Kier alpha value is -0.820. The zero-order valence-corrected chi connectivity index (χ0v) is 11.9. The molecule has 0 spiro atoms. The van der Waals surface area contributed by atoms with E-state index in [0.29, 0.717) is 0 Å². The molecule has 0 aliphatic carbocycles. The number of hydrogen-bond acceptors (Lipinski definition) is 0. The van der Waals surface area contributed by atoms with E-state index < -0.39 is 0 Å². The molecule has 0 unspecified atom stereocenters. The molecule has 1 heteroatoms. The lowest BCUT2D eigenvalue weighted by atomic mass is 10.1. The molecule has 1 heterocycles. The van der Waals surface area contributed by atoms with Crippen LogP contribution in [0.3, 0.4) is 0 Å². The van der Waals surface area contributed by atoms with Crippen molar-refractivity contribution in [2.75, 3.05) is 26.7 Å². The predicted molar refractivity (Wildman–Crippen MR) is 78.6 cm³/mol. The third-order valence-corrected chi connectivity index (χ3v) is 4.40. The Labute approximate surface area is 112 Å². The Morgan fingerprint density at radius 2 is 1.56 bits per heavy atom. The number of rotatable bonds is 5. The number of nitrogens with zero attached hydrogens (tertiary/aromatic N) is 1. The van der Waals surface area contributed by atoms with Gasteiger partial charge in [0.05, 0.1) is 26.7 Å². The molecule has 1 saturated heterocycles. The summed E-state index contributed by atoms with van der Waals surface area (Å²) in [4.78, 5) is 0. The van der Waals surface area contributed by atoms with Crippen molar-refractivity contribution in [3.63, 3.8) is 0 Å². The number of aryl methyl sites for hydroxylation is 1. The van der Waals surface area contributed by atoms with E-state index in [9.17, 15) is 0 Å². The molecule has 0 amide bonds. The minimum absolute atomic E-state index is 1.25. The topological polar surface area (TPSA) is 0 Å². The van der Waals surface area contributed by atoms with Gasteiger partial charge in [-0.2, -0.15) is 0 Å². The Kier molecular flexibility index (Phi) is 5.25. The first kappa shape index (κ1) is 13.6. The molecule has 1 fully saturated rings. The maximum atomic E-state index is 2.47. The van der Waals surface area contributed by atoms with Crippen molar-refractivity contribution in [3.8, 4) is 0 Å². The summed E-state index contributed by atoms with van der Waals surface area (Å²) in [5.41, 5.74) is 1.50. The number of quaternary nitrogens is 1. The summed E-state index contributed by atoms with van der Waals surface area (Å²) >= 11 is 0. The van der Waals surface area contributed by atoms with Gasteiger partial charge in [0.15, 0.2) is 0 Å². The van der Waals surface area contributed by atoms with Gasteiger partial charge in [0.1, 0.15) is 0 Å². The lowest BCUT2D eigenvalue weighted by Gasteiger charge is -2.33. The van der Waals surface area contributed by atoms with Crippen LogP contribution in [-0.2, 0) is 6.42 Å². The summed E-state index contributed by atoms with van der Waals surface area (Å²) in [5, 5.41) is 0. The SMILES string of the molecule is C[N+]1(CCCCc2ccccc2)CCCCCC1. The van der Waals surface area contributed by atoms with Gasteiger partial charge < -0.3 is 4.48 Å². The summed E-state index contributed by atoms with van der Waals surface area (Å²) in [5.74, 6) is 0. The molecule has 100 valence electrons. The van der Waals surface area contributed by atoms with Gasteiger partial charge in [-0.15, -0.1) is 0 Å². The molecule has 1 aromatic carbocycles. The monoisotopic (exact) mass is 246 g/mol. The van der Waals surface area contributed by atoms with E-state index in [0.717, 1.165) is 0 Å². The largest absolute Gasteiger partial charge is 0.326 e. The van der Waals surface area contributed by atoms with Crippen molar-refractivity contribution in [1.29, 1.82) is 0 Å². The lowest BCUT2D eigenvalue weighted by Crippen LogP contribution is -2.45. The minimum atomic E-state index is 1.25. The van der Waals surface area contributed by atoms with Crippen LogP contribution in [0, 0.1) is 0 Å². The van der Waals surface area contributed by atoms with Gasteiger partial charge in [-0.05, 0) is 50.5 Å². The summed E-state index contributed by atoms with van der Waals surface area (Å²) in [6.07, 6.45) is 9.77. The molecule has 2 rings (SSSR count). The van der Waals surface area contributed by atoms with Crippen LogP contribution in [0.4, 0.5) is 0 Å². The third kappa shape index (κ3) is 4.45. The molecule has 1 aliphatic rings. The fourth-order valence-corrected chi connectivity index (χ4v) is 3.14. The van der Waals surface area contributed by atoms with E-state index in [4.69, 9.17) is 0 Å². The standard InChI is InChI=1S/C17H28N/c1-18(14-8-2-3-9-15-18)16-10-7-13-17-11-5-4-6-12-17/h4-6,11-12H,2-3,7-10,13-16H2,1H3/q+1. The molecule has 18 heavy (non-hydrogen) atoms. The van der Waals surface area contributed by atoms with Gasteiger partial charge in [-0.3, -0.25) is 0 Å². The maximum Gasteiger partial charge on any atom is 0.0784 e. The van der Waals surface area contributed by atoms with Crippen molar-refractivity contribution in [2.24, 2.45) is 0 Å². The molecular formula is C17H28N+. The van der Waals surface area contributed by atoms with E-state index in [1.54, 1.807) is 0 Å². The molecule has 0 N–H and O–H groups in total. The predicted octanol–water partition coefficient (Wildman–Crippen LogP) is 4.03. The van der Waals surface area contributed by atoms with Crippen LogP contribution in [0.5, 0.6) is 0 Å². The van der Waals surface area contributed by atoms with Crippen molar-refractivity contribution in [2.45, 2.75) is 44.9 Å². The average Bonchev–Trinajstić information content (AvgIpc) is 2.61. The van der Waals surface area contributed by atoms with Crippen molar-refractivity contribution in [1.82, 2.24) is 0 Å². The highest BCUT2D eigenvalue weighted by molar-refractivity contribution is 5.14. The zero-order chi connectivity index (χ0) is 12.7. The maximum absolute atomic E-state index is 2.47. The first-order chi connectivity index (χ1) is 8.79. The Bertz CT molecular complexity index is 323. The fraction of sp³-hybridized carbons (Fsp3) is 0.647. The smallest absolute Gasteiger partial charge is 0.0784 e. The van der Waals surface area contributed by atoms with E-state index in [2.05, 4.69) is 37.4 Å². The van der Waals surface area contributed by atoms with Crippen LogP contribution >= 0.6 is 0 Å². The van der Waals surface area contributed by atoms with Crippen LogP contribution in [0.2, 0.25) is 0 Å². The summed E-state index contributed by atoms with van der Waals surface area (Å²) < 4.78 is 1.33. The number of likely N-dealkylation sites (tertiary alicyclic amines) is 1. The molecule has 0 aromatic heterocycles. The Balaban J connectivity index is 1.68. The third-order valence-electron chi connectivity index (χ3n) is 4.40. The van der Waals surface area contributed by atoms with Crippen LogP contribution in [-0.4, -0.2) is 31.2 Å². The fourth-order valence-electron chi connectivity index (χ4n) is 3.14. The summed E-state index contributed by atoms with van der Waals surface area (Å²) in [7, 11) is 2.47. The van der Waals surface area contributed by atoms with Gasteiger partial charge in [0, 0.05) is 0 Å². The second-order valence-corrected chi connectivity index (χ2v) is 6.15.